The minimum absolute atomic E-state index is 0.164. The van der Waals surface area contributed by atoms with E-state index >= 15 is 0 Å². The molecule has 33 heavy (non-hydrogen) atoms. The van der Waals surface area contributed by atoms with Gasteiger partial charge in [0.1, 0.15) is 17.3 Å². The van der Waals surface area contributed by atoms with Crippen molar-refractivity contribution >= 4 is 33.1 Å². The second-order valence-electron chi connectivity index (χ2n) is 7.54. The molecule has 0 spiro atoms. The number of pyridine rings is 1. The van der Waals surface area contributed by atoms with E-state index in [-0.39, 0.29) is 17.9 Å². The molecular formula is C24H24N4O4S. The van der Waals surface area contributed by atoms with Crippen LogP contribution in [0.15, 0.2) is 47.5 Å². The minimum Gasteiger partial charge on any atom is -0.493 e. The summed E-state index contributed by atoms with van der Waals surface area (Å²) in [7, 11) is 1.56. The predicted octanol–water partition coefficient (Wildman–Crippen LogP) is 4.16. The maximum Gasteiger partial charge on any atom is 0.259 e. The summed E-state index contributed by atoms with van der Waals surface area (Å²) in [5, 5.41) is 3.49. The van der Waals surface area contributed by atoms with Crippen molar-refractivity contribution < 1.29 is 14.3 Å². The zero-order chi connectivity index (χ0) is 23.4. The second kappa shape index (κ2) is 9.83. The van der Waals surface area contributed by atoms with Gasteiger partial charge in [-0.3, -0.25) is 14.6 Å². The normalized spacial score (nSPS) is 10.9. The Morgan fingerprint density at radius 2 is 2.06 bits per heavy atom. The molecule has 9 heteroatoms. The molecule has 3 aromatic heterocycles. The van der Waals surface area contributed by atoms with Crippen LogP contribution in [0.2, 0.25) is 0 Å². The molecule has 0 radical (unpaired) electrons. The van der Waals surface area contributed by atoms with E-state index in [1.165, 1.54) is 11.3 Å². The van der Waals surface area contributed by atoms with Crippen LogP contribution in [0, 0.1) is 13.8 Å². The molecule has 8 nitrogen and oxygen atoms in total. The van der Waals surface area contributed by atoms with Crippen molar-refractivity contribution in [1.29, 1.82) is 0 Å². The van der Waals surface area contributed by atoms with Gasteiger partial charge in [-0.05, 0) is 37.6 Å². The van der Waals surface area contributed by atoms with Crippen LogP contribution in [0.3, 0.4) is 0 Å². The molecule has 0 unspecified atom stereocenters. The van der Waals surface area contributed by atoms with E-state index in [0.717, 1.165) is 16.0 Å². The number of methoxy groups -OCH3 is 1. The summed E-state index contributed by atoms with van der Waals surface area (Å²) in [6, 6.07) is 8.96. The fourth-order valence-corrected chi connectivity index (χ4v) is 4.43. The van der Waals surface area contributed by atoms with Crippen molar-refractivity contribution in [3.8, 4) is 11.5 Å². The Bertz CT molecular complexity index is 1350. The lowest BCUT2D eigenvalue weighted by Gasteiger charge is -2.13. The standard InChI is InChI=1S/C24H24N4O4S/c1-14-15(2)33-24-22(14)23(30)27-20(28-24)8-9-21(29)26-17-6-7-18(31-3)19(11-17)32-13-16-5-4-10-25-12-16/h4-7,10-12H,8-9,13H2,1-3H3,(H,26,29)(H,27,28,30). The molecule has 1 amide bonds. The fourth-order valence-electron chi connectivity index (χ4n) is 3.38. The number of hydrogen-bond donors (Lipinski definition) is 2. The van der Waals surface area contributed by atoms with Crippen molar-refractivity contribution in [1.82, 2.24) is 15.0 Å². The Balaban J connectivity index is 1.41. The summed E-state index contributed by atoms with van der Waals surface area (Å²) in [5.41, 5.74) is 2.30. The molecule has 1 aromatic carbocycles. The van der Waals surface area contributed by atoms with Gasteiger partial charge in [0.15, 0.2) is 11.5 Å². The number of aryl methyl sites for hydroxylation is 3. The molecule has 0 saturated carbocycles. The Hall–Kier alpha value is -3.72. The Morgan fingerprint density at radius 3 is 2.82 bits per heavy atom. The first kappa shape index (κ1) is 22.5. The van der Waals surface area contributed by atoms with E-state index in [0.29, 0.717) is 46.3 Å². The molecule has 4 rings (SSSR count). The third-order valence-electron chi connectivity index (χ3n) is 5.24. The van der Waals surface area contributed by atoms with Gasteiger partial charge in [-0.15, -0.1) is 11.3 Å². The van der Waals surface area contributed by atoms with Gasteiger partial charge in [-0.1, -0.05) is 6.07 Å². The van der Waals surface area contributed by atoms with Crippen molar-refractivity contribution in [2.45, 2.75) is 33.3 Å². The zero-order valence-corrected chi connectivity index (χ0v) is 19.4. The van der Waals surface area contributed by atoms with Crippen LogP contribution in [0.1, 0.15) is 28.2 Å². The summed E-state index contributed by atoms with van der Waals surface area (Å²) < 4.78 is 11.2. The first-order valence-electron chi connectivity index (χ1n) is 10.4. The number of carbonyl (C=O) groups excluding carboxylic acids is 1. The number of benzene rings is 1. The van der Waals surface area contributed by atoms with E-state index < -0.39 is 0 Å². The van der Waals surface area contributed by atoms with Gasteiger partial charge in [-0.2, -0.15) is 0 Å². The highest BCUT2D eigenvalue weighted by atomic mass is 32.1. The number of fused-ring (bicyclic) bond motifs is 1. The molecule has 3 heterocycles. The van der Waals surface area contributed by atoms with E-state index in [1.807, 2.05) is 26.0 Å². The molecule has 0 fully saturated rings. The molecule has 170 valence electrons. The molecule has 0 aliphatic rings. The number of nitrogens with zero attached hydrogens (tertiary/aromatic N) is 2. The van der Waals surface area contributed by atoms with Crippen molar-refractivity contribution in [2.75, 3.05) is 12.4 Å². The number of anilines is 1. The van der Waals surface area contributed by atoms with Gasteiger partial charge in [0.2, 0.25) is 5.91 Å². The molecule has 4 aromatic rings. The number of nitrogens with one attached hydrogen (secondary N) is 2. The molecule has 0 aliphatic carbocycles. The maximum absolute atomic E-state index is 12.5. The van der Waals surface area contributed by atoms with Crippen LogP contribution in [0.25, 0.3) is 10.2 Å². The van der Waals surface area contributed by atoms with Gasteiger partial charge in [0.25, 0.3) is 5.56 Å². The smallest absolute Gasteiger partial charge is 0.259 e. The summed E-state index contributed by atoms with van der Waals surface area (Å²) in [5.74, 6) is 1.38. The molecule has 0 atom stereocenters. The SMILES string of the molecule is COc1ccc(NC(=O)CCc2nc3sc(C)c(C)c3c(=O)[nH]2)cc1OCc1cccnc1. The van der Waals surface area contributed by atoms with Gasteiger partial charge in [-0.25, -0.2) is 4.98 Å². The molecule has 0 bridgehead atoms. The third kappa shape index (κ3) is 5.20. The van der Waals surface area contributed by atoms with Gasteiger partial charge >= 0.3 is 0 Å². The lowest BCUT2D eigenvalue weighted by atomic mass is 10.2. The molecular weight excluding hydrogens is 440 g/mol. The Labute approximate surface area is 194 Å². The Kier molecular flexibility index (Phi) is 6.69. The van der Waals surface area contributed by atoms with Crippen molar-refractivity contribution in [3.05, 3.63) is 74.9 Å². The van der Waals surface area contributed by atoms with Crippen LogP contribution in [0.4, 0.5) is 5.69 Å². The topological polar surface area (TPSA) is 106 Å². The number of thiophene rings is 1. The highest BCUT2D eigenvalue weighted by Crippen LogP contribution is 2.31. The third-order valence-corrected chi connectivity index (χ3v) is 6.34. The second-order valence-corrected chi connectivity index (χ2v) is 8.74. The van der Waals surface area contributed by atoms with E-state index in [4.69, 9.17) is 9.47 Å². The average molecular weight is 465 g/mol. The minimum atomic E-state index is -0.195. The molecule has 2 N–H and O–H groups in total. The van der Waals surface area contributed by atoms with Crippen LogP contribution in [-0.4, -0.2) is 28.0 Å². The van der Waals surface area contributed by atoms with Crippen molar-refractivity contribution in [3.63, 3.8) is 0 Å². The number of rotatable bonds is 8. The average Bonchev–Trinajstić information content (AvgIpc) is 3.10. The number of amides is 1. The monoisotopic (exact) mass is 464 g/mol. The number of hydrogen-bond acceptors (Lipinski definition) is 7. The first-order valence-corrected chi connectivity index (χ1v) is 11.2. The Morgan fingerprint density at radius 1 is 1.21 bits per heavy atom. The van der Waals surface area contributed by atoms with Gasteiger partial charge in [0, 0.05) is 47.4 Å². The first-order chi connectivity index (χ1) is 15.9. The zero-order valence-electron chi connectivity index (χ0n) is 18.6. The van der Waals surface area contributed by atoms with Crippen LogP contribution < -0.4 is 20.3 Å². The maximum atomic E-state index is 12.5. The number of aromatic nitrogens is 3. The van der Waals surface area contributed by atoms with Gasteiger partial charge in [0.05, 0.1) is 12.5 Å². The van der Waals surface area contributed by atoms with Gasteiger partial charge < -0.3 is 19.8 Å². The quantitative estimate of drug-likeness (QED) is 0.406. The highest BCUT2D eigenvalue weighted by Gasteiger charge is 2.13. The van der Waals surface area contributed by atoms with Crippen LogP contribution >= 0.6 is 11.3 Å². The van der Waals surface area contributed by atoms with Crippen molar-refractivity contribution in [2.24, 2.45) is 0 Å². The van der Waals surface area contributed by atoms with E-state index in [2.05, 4.69) is 20.3 Å². The van der Waals surface area contributed by atoms with E-state index in [9.17, 15) is 9.59 Å². The lowest BCUT2D eigenvalue weighted by Crippen LogP contribution is -2.16. The highest BCUT2D eigenvalue weighted by molar-refractivity contribution is 7.18. The molecule has 0 saturated heterocycles. The molecule has 0 aliphatic heterocycles. The number of carbonyl (C=O) groups is 1. The fraction of sp³-hybridized carbons (Fsp3) is 0.250. The number of aromatic amines is 1. The number of H-pyrrole nitrogens is 1. The summed E-state index contributed by atoms with van der Waals surface area (Å²) in [6.45, 7) is 4.21. The number of ether oxygens (including phenoxy) is 2. The summed E-state index contributed by atoms with van der Waals surface area (Å²) in [4.78, 5) is 38.1. The summed E-state index contributed by atoms with van der Waals surface area (Å²) in [6.07, 6.45) is 3.93. The lowest BCUT2D eigenvalue weighted by molar-refractivity contribution is -0.116. The summed E-state index contributed by atoms with van der Waals surface area (Å²) >= 11 is 1.49. The largest absolute Gasteiger partial charge is 0.493 e. The van der Waals surface area contributed by atoms with E-state index in [1.54, 1.807) is 37.7 Å². The van der Waals surface area contributed by atoms with Crippen LogP contribution in [0.5, 0.6) is 11.5 Å². The van der Waals surface area contributed by atoms with Crippen LogP contribution in [-0.2, 0) is 17.8 Å². The predicted molar refractivity (Wildman–Crippen MR) is 128 cm³/mol.